The van der Waals surface area contributed by atoms with Crippen molar-refractivity contribution >= 4 is 16.8 Å². The lowest BCUT2D eigenvalue weighted by atomic mass is 10.1. The number of benzene rings is 2. The average molecular weight is 348 g/mol. The number of unbranched alkanes of at least 4 members (excludes halogenated alkanes) is 2. The average Bonchev–Trinajstić information content (AvgIpc) is 2.70. The number of carbonyl (C=O) groups excluding carboxylic acids is 1. The standard InChI is InChI=1S/C22H24N2O2/c1-2-3-4-14-26-20-10-7-17(8-11-20)16-24-22(25)19-9-12-21-18(15-19)6-5-13-23-21/h5-13,15H,2-4,14,16H2,1H3,(H,24,25). The smallest absolute Gasteiger partial charge is 0.251 e. The first-order chi connectivity index (χ1) is 12.8. The van der Waals surface area contributed by atoms with Gasteiger partial charge in [0.15, 0.2) is 0 Å². The number of rotatable bonds is 8. The molecule has 1 amide bonds. The summed E-state index contributed by atoms with van der Waals surface area (Å²) in [6.07, 6.45) is 5.21. The SMILES string of the molecule is CCCCCOc1ccc(CNC(=O)c2ccc3ncccc3c2)cc1. The van der Waals surface area contributed by atoms with Gasteiger partial charge in [-0.25, -0.2) is 0 Å². The Kier molecular flexibility index (Phi) is 6.20. The van der Waals surface area contributed by atoms with E-state index in [-0.39, 0.29) is 5.91 Å². The van der Waals surface area contributed by atoms with Gasteiger partial charge < -0.3 is 10.1 Å². The fourth-order valence-electron chi connectivity index (χ4n) is 2.75. The highest BCUT2D eigenvalue weighted by Gasteiger charge is 2.06. The quantitative estimate of drug-likeness (QED) is 0.599. The molecule has 26 heavy (non-hydrogen) atoms. The van der Waals surface area contributed by atoms with E-state index in [1.54, 1.807) is 12.3 Å². The van der Waals surface area contributed by atoms with Crippen molar-refractivity contribution in [2.24, 2.45) is 0 Å². The van der Waals surface area contributed by atoms with Crippen LogP contribution in [0.5, 0.6) is 5.75 Å². The van der Waals surface area contributed by atoms with E-state index in [9.17, 15) is 4.79 Å². The molecule has 1 heterocycles. The summed E-state index contributed by atoms with van der Waals surface area (Å²) in [4.78, 5) is 16.6. The minimum Gasteiger partial charge on any atom is -0.494 e. The number of hydrogen-bond acceptors (Lipinski definition) is 3. The molecule has 0 aliphatic rings. The van der Waals surface area contributed by atoms with Crippen molar-refractivity contribution in [1.29, 1.82) is 0 Å². The number of amides is 1. The third-order valence-electron chi connectivity index (χ3n) is 4.26. The molecule has 0 saturated carbocycles. The molecule has 0 aliphatic heterocycles. The molecule has 0 fully saturated rings. The molecular formula is C22H24N2O2. The van der Waals surface area contributed by atoms with Gasteiger partial charge in [0.1, 0.15) is 5.75 Å². The molecule has 134 valence electrons. The van der Waals surface area contributed by atoms with Crippen molar-refractivity contribution < 1.29 is 9.53 Å². The zero-order chi connectivity index (χ0) is 18.2. The molecule has 0 aliphatic carbocycles. The number of pyridine rings is 1. The molecule has 0 unspecified atom stereocenters. The van der Waals surface area contributed by atoms with Crippen LogP contribution < -0.4 is 10.1 Å². The lowest BCUT2D eigenvalue weighted by molar-refractivity contribution is 0.0951. The zero-order valence-electron chi connectivity index (χ0n) is 15.1. The number of carbonyl (C=O) groups is 1. The van der Waals surface area contributed by atoms with E-state index in [2.05, 4.69) is 17.2 Å². The highest BCUT2D eigenvalue weighted by Crippen LogP contribution is 2.15. The van der Waals surface area contributed by atoms with Gasteiger partial charge in [-0.1, -0.05) is 38.0 Å². The molecule has 3 rings (SSSR count). The molecule has 2 aromatic carbocycles. The van der Waals surface area contributed by atoms with Crippen molar-refractivity contribution in [3.05, 3.63) is 71.9 Å². The first kappa shape index (κ1) is 17.9. The number of hydrogen-bond donors (Lipinski definition) is 1. The van der Waals surface area contributed by atoms with Gasteiger partial charge in [0.25, 0.3) is 5.91 Å². The normalized spacial score (nSPS) is 10.7. The molecule has 1 N–H and O–H groups in total. The lowest BCUT2D eigenvalue weighted by Gasteiger charge is -2.08. The second-order valence-electron chi connectivity index (χ2n) is 6.29. The van der Waals surface area contributed by atoms with Crippen molar-refractivity contribution in [2.45, 2.75) is 32.7 Å². The van der Waals surface area contributed by atoms with Gasteiger partial charge in [-0.2, -0.15) is 0 Å². The fraction of sp³-hybridized carbons (Fsp3) is 0.273. The van der Waals surface area contributed by atoms with Crippen LogP contribution in [0.3, 0.4) is 0 Å². The Bertz CT molecular complexity index is 859. The molecule has 3 aromatic rings. The van der Waals surface area contributed by atoms with Crippen LogP contribution in [-0.4, -0.2) is 17.5 Å². The number of nitrogens with one attached hydrogen (secondary N) is 1. The van der Waals surface area contributed by atoms with Crippen molar-refractivity contribution in [3.63, 3.8) is 0 Å². The van der Waals surface area contributed by atoms with Gasteiger partial charge in [0.05, 0.1) is 12.1 Å². The van der Waals surface area contributed by atoms with Crippen LogP contribution in [0, 0.1) is 0 Å². The van der Waals surface area contributed by atoms with Crippen LogP contribution in [-0.2, 0) is 6.54 Å². The summed E-state index contributed by atoms with van der Waals surface area (Å²) >= 11 is 0. The fourth-order valence-corrected chi connectivity index (χ4v) is 2.75. The van der Waals surface area contributed by atoms with E-state index in [0.29, 0.717) is 12.1 Å². The molecule has 0 bridgehead atoms. The van der Waals surface area contributed by atoms with Crippen molar-refractivity contribution in [1.82, 2.24) is 10.3 Å². The molecular weight excluding hydrogens is 324 g/mol. The molecule has 1 aromatic heterocycles. The first-order valence-corrected chi connectivity index (χ1v) is 9.11. The Morgan fingerprint density at radius 2 is 1.92 bits per heavy atom. The van der Waals surface area contributed by atoms with Crippen molar-refractivity contribution in [3.8, 4) is 5.75 Å². The minimum atomic E-state index is -0.0874. The third-order valence-corrected chi connectivity index (χ3v) is 4.26. The van der Waals surface area contributed by atoms with Gasteiger partial charge >= 0.3 is 0 Å². The van der Waals surface area contributed by atoms with Crippen LogP contribution in [0.4, 0.5) is 0 Å². The molecule has 0 atom stereocenters. The van der Waals surface area contributed by atoms with Gasteiger partial charge in [-0.05, 0) is 48.4 Å². The predicted octanol–water partition coefficient (Wildman–Crippen LogP) is 4.73. The van der Waals surface area contributed by atoms with Gasteiger partial charge in [0, 0.05) is 23.7 Å². The number of aromatic nitrogens is 1. The van der Waals surface area contributed by atoms with Crippen LogP contribution in [0.15, 0.2) is 60.8 Å². The lowest BCUT2D eigenvalue weighted by Crippen LogP contribution is -2.22. The first-order valence-electron chi connectivity index (χ1n) is 9.11. The maximum absolute atomic E-state index is 12.4. The topological polar surface area (TPSA) is 51.2 Å². The van der Waals surface area contributed by atoms with E-state index in [4.69, 9.17) is 4.74 Å². The summed E-state index contributed by atoms with van der Waals surface area (Å²) in [5.74, 6) is 0.786. The van der Waals surface area contributed by atoms with E-state index < -0.39 is 0 Å². The second-order valence-corrected chi connectivity index (χ2v) is 6.29. The van der Waals surface area contributed by atoms with Gasteiger partial charge in [0.2, 0.25) is 0 Å². The predicted molar refractivity (Wildman–Crippen MR) is 104 cm³/mol. The molecule has 4 nitrogen and oxygen atoms in total. The van der Waals surface area contributed by atoms with E-state index in [0.717, 1.165) is 35.2 Å². The summed E-state index contributed by atoms with van der Waals surface area (Å²) in [5, 5.41) is 3.92. The molecule has 4 heteroatoms. The van der Waals surface area contributed by atoms with Crippen LogP contribution in [0.1, 0.15) is 42.1 Å². The second kappa shape index (κ2) is 8.99. The molecule has 0 saturated heterocycles. The van der Waals surface area contributed by atoms with Gasteiger partial charge in [-0.3, -0.25) is 9.78 Å². The van der Waals surface area contributed by atoms with E-state index >= 15 is 0 Å². The summed E-state index contributed by atoms with van der Waals surface area (Å²) < 4.78 is 5.71. The van der Waals surface area contributed by atoms with E-state index in [1.165, 1.54) is 12.8 Å². The summed E-state index contributed by atoms with van der Waals surface area (Å²) in [6.45, 7) is 3.42. The maximum atomic E-state index is 12.4. The highest BCUT2D eigenvalue weighted by atomic mass is 16.5. The molecule has 0 spiro atoms. The Labute approximate surface area is 154 Å². The Morgan fingerprint density at radius 3 is 2.73 bits per heavy atom. The Morgan fingerprint density at radius 1 is 1.08 bits per heavy atom. The Hall–Kier alpha value is -2.88. The minimum absolute atomic E-state index is 0.0874. The number of fused-ring (bicyclic) bond motifs is 1. The summed E-state index contributed by atoms with van der Waals surface area (Å²) in [7, 11) is 0. The van der Waals surface area contributed by atoms with Crippen LogP contribution >= 0.6 is 0 Å². The number of ether oxygens (including phenoxy) is 1. The molecule has 0 radical (unpaired) electrons. The van der Waals surface area contributed by atoms with Crippen LogP contribution in [0.25, 0.3) is 10.9 Å². The summed E-state index contributed by atoms with van der Waals surface area (Å²) in [5.41, 5.74) is 2.57. The van der Waals surface area contributed by atoms with E-state index in [1.807, 2.05) is 48.5 Å². The van der Waals surface area contributed by atoms with Crippen LogP contribution in [0.2, 0.25) is 0 Å². The zero-order valence-corrected chi connectivity index (χ0v) is 15.1. The third kappa shape index (κ3) is 4.82. The van der Waals surface area contributed by atoms with Gasteiger partial charge in [-0.15, -0.1) is 0 Å². The Balaban J connectivity index is 1.53. The largest absolute Gasteiger partial charge is 0.494 e. The maximum Gasteiger partial charge on any atom is 0.251 e. The monoisotopic (exact) mass is 348 g/mol. The highest BCUT2D eigenvalue weighted by molar-refractivity contribution is 5.97. The van der Waals surface area contributed by atoms with Crippen molar-refractivity contribution in [2.75, 3.05) is 6.61 Å². The summed E-state index contributed by atoms with van der Waals surface area (Å²) in [6, 6.07) is 17.2. The number of nitrogens with zero attached hydrogens (tertiary/aromatic N) is 1.